The summed E-state index contributed by atoms with van der Waals surface area (Å²) in [5.74, 6) is -0.618. The van der Waals surface area contributed by atoms with Crippen LogP contribution in [0.15, 0.2) is 12.4 Å². The molecule has 108 valence electrons. The van der Waals surface area contributed by atoms with E-state index < -0.39 is 26.0 Å². The van der Waals surface area contributed by atoms with Crippen LogP contribution in [-0.2, 0) is 26.0 Å². The highest BCUT2D eigenvalue weighted by molar-refractivity contribution is 7.93. The molecule has 0 spiro atoms. The number of ketones is 1. The van der Waals surface area contributed by atoms with Crippen LogP contribution in [0.3, 0.4) is 0 Å². The number of hydrogen-bond acceptors (Lipinski definition) is 6. The Morgan fingerprint density at radius 3 is 2.75 bits per heavy atom. The summed E-state index contributed by atoms with van der Waals surface area (Å²) in [5.41, 5.74) is 0. The lowest BCUT2D eigenvalue weighted by atomic mass is 9.93. The van der Waals surface area contributed by atoms with Crippen molar-refractivity contribution in [3.8, 4) is 0 Å². The molecule has 3 rings (SSSR count). The van der Waals surface area contributed by atoms with Crippen LogP contribution in [0, 0.1) is 0 Å². The second kappa shape index (κ2) is 3.87. The van der Waals surface area contributed by atoms with Crippen LogP contribution >= 0.6 is 0 Å². The molecule has 0 radical (unpaired) electrons. The van der Waals surface area contributed by atoms with Crippen LogP contribution in [0.2, 0.25) is 0 Å². The van der Waals surface area contributed by atoms with E-state index in [4.69, 9.17) is 0 Å². The van der Waals surface area contributed by atoms with Crippen LogP contribution in [0.4, 0.5) is 0 Å². The van der Waals surface area contributed by atoms with Gasteiger partial charge in [0.1, 0.15) is 16.2 Å². The molecule has 1 amide bonds. The molecule has 1 aromatic heterocycles. The predicted octanol–water partition coefficient (Wildman–Crippen LogP) is -1.02. The fourth-order valence-electron chi connectivity index (χ4n) is 3.17. The van der Waals surface area contributed by atoms with Gasteiger partial charge in [0.05, 0.1) is 19.2 Å². The molecule has 8 nitrogen and oxygen atoms in total. The number of fused-ring (bicyclic) bond motifs is 1. The van der Waals surface area contributed by atoms with Gasteiger partial charge in [0.15, 0.2) is 15.6 Å². The van der Waals surface area contributed by atoms with Gasteiger partial charge in [0.2, 0.25) is 5.91 Å². The monoisotopic (exact) mass is 298 g/mol. The number of nitrogens with zero attached hydrogens (tertiary/aromatic N) is 4. The third kappa shape index (κ3) is 1.43. The Kier molecular flexibility index (Phi) is 2.56. The van der Waals surface area contributed by atoms with E-state index in [0.717, 1.165) is 0 Å². The van der Waals surface area contributed by atoms with Crippen LogP contribution in [0.25, 0.3) is 0 Å². The van der Waals surface area contributed by atoms with Crippen LogP contribution in [0.5, 0.6) is 0 Å². The van der Waals surface area contributed by atoms with Crippen molar-refractivity contribution in [1.29, 1.82) is 0 Å². The van der Waals surface area contributed by atoms with Crippen molar-refractivity contribution < 1.29 is 18.0 Å². The Labute approximate surface area is 115 Å². The Hall–Kier alpha value is -1.77. The van der Waals surface area contributed by atoms with E-state index in [1.807, 2.05) is 0 Å². The van der Waals surface area contributed by atoms with Crippen molar-refractivity contribution in [3.63, 3.8) is 0 Å². The number of rotatable bonds is 3. The fourth-order valence-corrected chi connectivity index (χ4v) is 5.60. The number of Topliss-reactive ketones (excluding diaryl/α,β-unsaturated/α-hetero) is 1. The molecule has 2 aliphatic heterocycles. The van der Waals surface area contributed by atoms with E-state index in [9.17, 15) is 18.0 Å². The molecule has 9 heteroatoms. The van der Waals surface area contributed by atoms with Gasteiger partial charge in [0, 0.05) is 6.20 Å². The molecular formula is C11H14N4O4S. The Morgan fingerprint density at radius 1 is 1.55 bits per heavy atom. The number of β-lactam (4-membered cyclic amide) rings is 1. The maximum atomic E-state index is 12.7. The minimum Gasteiger partial charge on any atom is -0.313 e. The highest BCUT2D eigenvalue weighted by atomic mass is 32.2. The average molecular weight is 298 g/mol. The first kappa shape index (κ1) is 13.2. The summed E-state index contributed by atoms with van der Waals surface area (Å²) >= 11 is 0. The number of hydrogen-bond donors (Lipinski definition) is 0. The molecule has 2 aliphatic rings. The maximum Gasteiger partial charge on any atom is 0.227 e. The highest BCUT2D eigenvalue weighted by Crippen LogP contribution is 2.46. The standard InChI is InChI=1S/C11H14N4O4S/c1-7(16)10-11(2,6-14-4-3-12-13-14)20(18,19)9-5-8(17)15(9)10/h3-4,9-10H,5-6H2,1-2H3/t9-,10?,11?/m1/s1. The SMILES string of the molecule is CC(=O)C1N2C(=O)C[C@H]2S(=O)(=O)C1(C)Cn1ccnn1. The van der Waals surface area contributed by atoms with Crippen LogP contribution < -0.4 is 0 Å². The zero-order chi connectivity index (χ0) is 14.7. The van der Waals surface area contributed by atoms with Crippen LogP contribution in [-0.4, -0.2) is 56.2 Å². The number of carbonyl (C=O) groups excluding carboxylic acids is 2. The Morgan fingerprint density at radius 2 is 2.25 bits per heavy atom. The first-order chi connectivity index (χ1) is 9.29. The lowest BCUT2D eigenvalue weighted by molar-refractivity contribution is -0.149. The summed E-state index contributed by atoms with van der Waals surface area (Å²) in [7, 11) is -3.64. The minimum absolute atomic E-state index is 0.000139. The van der Waals surface area contributed by atoms with Gasteiger partial charge >= 0.3 is 0 Å². The summed E-state index contributed by atoms with van der Waals surface area (Å²) < 4.78 is 25.3. The topological polar surface area (TPSA) is 102 Å². The van der Waals surface area contributed by atoms with Gasteiger partial charge in [-0.3, -0.25) is 14.3 Å². The fraction of sp³-hybridized carbons (Fsp3) is 0.636. The van der Waals surface area contributed by atoms with E-state index in [2.05, 4.69) is 10.3 Å². The quantitative estimate of drug-likeness (QED) is 0.662. The molecule has 3 atom stereocenters. The van der Waals surface area contributed by atoms with Crippen molar-refractivity contribution in [1.82, 2.24) is 19.9 Å². The van der Waals surface area contributed by atoms with Crippen molar-refractivity contribution in [3.05, 3.63) is 12.4 Å². The number of amides is 1. The first-order valence-corrected chi connectivity index (χ1v) is 7.73. The smallest absolute Gasteiger partial charge is 0.227 e. The summed E-state index contributed by atoms with van der Waals surface area (Å²) in [4.78, 5) is 24.8. The molecular weight excluding hydrogens is 284 g/mol. The number of carbonyl (C=O) groups is 2. The first-order valence-electron chi connectivity index (χ1n) is 6.18. The lowest BCUT2D eigenvalue weighted by Gasteiger charge is -2.36. The molecule has 2 saturated heterocycles. The van der Waals surface area contributed by atoms with Gasteiger partial charge in [-0.2, -0.15) is 0 Å². The molecule has 0 aliphatic carbocycles. The van der Waals surface area contributed by atoms with Crippen molar-refractivity contribution in [2.45, 2.75) is 43.0 Å². The predicted molar refractivity (Wildman–Crippen MR) is 67.1 cm³/mol. The molecule has 0 saturated carbocycles. The molecule has 0 N–H and O–H groups in total. The van der Waals surface area contributed by atoms with Gasteiger partial charge in [0.25, 0.3) is 0 Å². The second-order valence-electron chi connectivity index (χ2n) is 5.43. The van der Waals surface area contributed by atoms with Gasteiger partial charge in [-0.15, -0.1) is 5.10 Å². The number of aromatic nitrogens is 3. The van der Waals surface area contributed by atoms with Gasteiger partial charge < -0.3 is 4.90 Å². The molecule has 0 aromatic carbocycles. The highest BCUT2D eigenvalue weighted by Gasteiger charge is 2.68. The number of sulfone groups is 1. The van der Waals surface area contributed by atoms with E-state index in [1.54, 1.807) is 0 Å². The second-order valence-corrected chi connectivity index (χ2v) is 8.00. The third-order valence-corrected chi connectivity index (χ3v) is 6.91. The van der Waals surface area contributed by atoms with E-state index in [-0.39, 0.29) is 24.7 Å². The summed E-state index contributed by atoms with van der Waals surface area (Å²) in [5, 5.41) is 6.52. The van der Waals surface area contributed by atoms with Gasteiger partial charge in [-0.25, -0.2) is 8.42 Å². The Bertz CT molecular complexity index is 683. The molecule has 1 aromatic rings. The van der Waals surface area contributed by atoms with Gasteiger partial charge in [-0.05, 0) is 13.8 Å². The zero-order valence-electron chi connectivity index (χ0n) is 11.1. The molecule has 3 heterocycles. The molecule has 2 fully saturated rings. The lowest BCUT2D eigenvalue weighted by Crippen LogP contribution is -2.57. The summed E-state index contributed by atoms with van der Waals surface area (Å²) in [6.45, 7) is 2.81. The Balaban J connectivity index is 2.10. The summed E-state index contributed by atoms with van der Waals surface area (Å²) in [6.07, 6.45) is 2.93. The van der Waals surface area contributed by atoms with Crippen LogP contribution in [0.1, 0.15) is 20.3 Å². The molecule has 20 heavy (non-hydrogen) atoms. The minimum atomic E-state index is -3.64. The molecule has 0 bridgehead atoms. The van der Waals surface area contributed by atoms with Crippen molar-refractivity contribution >= 4 is 21.5 Å². The van der Waals surface area contributed by atoms with E-state index >= 15 is 0 Å². The van der Waals surface area contributed by atoms with Crippen molar-refractivity contribution in [2.24, 2.45) is 0 Å². The molecule has 2 unspecified atom stereocenters. The average Bonchev–Trinajstić information content (AvgIpc) is 2.87. The zero-order valence-corrected chi connectivity index (χ0v) is 11.9. The normalized spacial score (nSPS) is 34.7. The third-order valence-electron chi connectivity index (χ3n) is 4.15. The van der Waals surface area contributed by atoms with E-state index in [1.165, 1.54) is 35.8 Å². The van der Waals surface area contributed by atoms with E-state index in [0.29, 0.717) is 0 Å². The summed E-state index contributed by atoms with van der Waals surface area (Å²) in [6, 6.07) is -0.956. The van der Waals surface area contributed by atoms with Gasteiger partial charge in [-0.1, -0.05) is 5.21 Å². The maximum absolute atomic E-state index is 12.7. The van der Waals surface area contributed by atoms with Crippen molar-refractivity contribution in [2.75, 3.05) is 0 Å². The largest absolute Gasteiger partial charge is 0.313 e.